The lowest BCUT2D eigenvalue weighted by Gasteiger charge is -2.10. The van der Waals surface area contributed by atoms with Crippen LogP contribution in [0.25, 0.3) is 10.8 Å². The van der Waals surface area contributed by atoms with E-state index in [4.69, 9.17) is 4.74 Å². The van der Waals surface area contributed by atoms with Gasteiger partial charge in [0.2, 0.25) is 0 Å². The van der Waals surface area contributed by atoms with Gasteiger partial charge in [-0.3, -0.25) is 0 Å². The molecule has 21 heavy (non-hydrogen) atoms. The number of carboxylic acids is 1. The van der Waals surface area contributed by atoms with Crippen molar-refractivity contribution in [2.75, 3.05) is 0 Å². The molecule has 1 N–H and O–H groups in total. The van der Waals surface area contributed by atoms with Crippen LogP contribution in [0, 0.1) is 5.82 Å². The number of hydrogen-bond acceptors (Lipinski definition) is 2. The lowest BCUT2D eigenvalue weighted by atomic mass is 10.0. The zero-order chi connectivity index (χ0) is 14.8. The second kappa shape index (κ2) is 5.25. The molecule has 0 saturated heterocycles. The lowest BCUT2D eigenvalue weighted by molar-refractivity contribution is 0.0699. The van der Waals surface area contributed by atoms with Crippen LogP contribution >= 0.6 is 0 Å². The molecule has 3 aromatic carbocycles. The maximum absolute atomic E-state index is 12.9. The third kappa shape index (κ3) is 2.56. The van der Waals surface area contributed by atoms with Crippen molar-refractivity contribution in [3.63, 3.8) is 0 Å². The number of halogens is 1. The van der Waals surface area contributed by atoms with E-state index in [-0.39, 0.29) is 11.4 Å². The van der Waals surface area contributed by atoms with Crippen molar-refractivity contribution < 1.29 is 19.0 Å². The number of hydrogen-bond donors (Lipinski definition) is 1. The Balaban J connectivity index is 2.09. The average molecular weight is 282 g/mol. The molecule has 0 amide bonds. The van der Waals surface area contributed by atoms with Gasteiger partial charge in [-0.2, -0.15) is 0 Å². The van der Waals surface area contributed by atoms with Gasteiger partial charge < -0.3 is 9.84 Å². The van der Waals surface area contributed by atoms with E-state index in [2.05, 4.69) is 0 Å². The molecule has 0 radical (unpaired) electrons. The van der Waals surface area contributed by atoms with Crippen LogP contribution in [0.5, 0.6) is 11.5 Å². The van der Waals surface area contributed by atoms with Crippen molar-refractivity contribution in [3.8, 4) is 11.5 Å². The molecule has 0 aliphatic carbocycles. The Labute approximate surface area is 120 Å². The topological polar surface area (TPSA) is 46.5 Å². The zero-order valence-electron chi connectivity index (χ0n) is 10.9. The molecule has 0 atom stereocenters. The number of rotatable bonds is 3. The van der Waals surface area contributed by atoms with Gasteiger partial charge in [0.05, 0.1) is 5.56 Å². The highest BCUT2D eigenvalue weighted by Gasteiger charge is 2.12. The van der Waals surface area contributed by atoms with Gasteiger partial charge in [0.1, 0.15) is 17.3 Å². The van der Waals surface area contributed by atoms with Gasteiger partial charge in [-0.25, -0.2) is 9.18 Å². The van der Waals surface area contributed by atoms with Gasteiger partial charge in [0.15, 0.2) is 0 Å². The highest BCUT2D eigenvalue weighted by molar-refractivity contribution is 6.05. The van der Waals surface area contributed by atoms with E-state index in [1.807, 2.05) is 6.07 Å². The van der Waals surface area contributed by atoms with Crippen LogP contribution in [-0.2, 0) is 0 Å². The standard InChI is InChI=1S/C17H11FO3/c18-11-5-7-12(8-6-11)21-16-10-9-15(17(19)20)13-3-1-2-4-14(13)16/h1-10H,(H,19,20). The minimum absolute atomic E-state index is 0.219. The quantitative estimate of drug-likeness (QED) is 0.771. The predicted octanol–water partition coefficient (Wildman–Crippen LogP) is 4.47. The second-order valence-electron chi connectivity index (χ2n) is 4.52. The Kier molecular flexibility index (Phi) is 3.28. The van der Waals surface area contributed by atoms with Crippen LogP contribution in [0.15, 0.2) is 60.7 Å². The molecule has 0 aliphatic heterocycles. The van der Waals surface area contributed by atoms with Gasteiger partial charge in [0, 0.05) is 5.39 Å². The van der Waals surface area contributed by atoms with Crippen molar-refractivity contribution >= 4 is 16.7 Å². The third-order valence-electron chi connectivity index (χ3n) is 3.16. The molecule has 0 aliphatic rings. The third-order valence-corrected chi connectivity index (χ3v) is 3.16. The van der Waals surface area contributed by atoms with Crippen LogP contribution in [0.3, 0.4) is 0 Å². The minimum Gasteiger partial charge on any atom is -0.478 e. The van der Waals surface area contributed by atoms with E-state index < -0.39 is 5.97 Å². The summed E-state index contributed by atoms with van der Waals surface area (Å²) in [5.41, 5.74) is 0.219. The lowest BCUT2D eigenvalue weighted by Crippen LogP contribution is -1.98. The highest BCUT2D eigenvalue weighted by Crippen LogP contribution is 2.32. The summed E-state index contributed by atoms with van der Waals surface area (Å²) in [5.74, 6) is -0.306. The Morgan fingerprint density at radius 3 is 2.24 bits per heavy atom. The van der Waals surface area contributed by atoms with Crippen LogP contribution in [0.1, 0.15) is 10.4 Å². The van der Waals surface area contributed by atoms with E-state index in [1.54, 1.807) is 24.3 Å². The Morgan fingerprint density at radius 2 is 1.57 bits per heavy atom. The fourth-order valence-corrected chi connectivity index (χ4v) is 2.18. The first-order valence-corrected chi connectivity index (χ1v) is 6.33. The predicted molar refractivity (Wildman–Crippen MR) is 77.4 cm³/mol. The largest absolute Gasteiger partial charge is 0.478 e. The SMILES string of the molecule is O=C(O)c1ccc(Oc2ccc(F)cc2)c2ccccc12. The molecule has 0 bridgehead atoms. The summed E-state index contributed by atoms with van der Waals surface area (Å²) in [6.07, 6.45) is 0. The summed E-state index contributed by atoms with van der Waals surface area (Å²) in [7, 11) is 0. The van der Waals surface area contributed by atoms with Crippen LogP contribution in [0.2, 0.25) is 0 Å². The molecule has 0 fully saturated rings. The maximum Gasteiger partial charge on any atom is 0.336 e. The Bertz CT molecular complexity index is 810. The first kappa shape index (κ1) is 13.1. The second-order valence-corrected chi connectivity index (χ2v) is 4.52. The van der Waals surface area contributed by atoms with Crippen LogP contribution < -0.4 is 4.74 Å². The summed E-state index contributed by atoms with van der Waals surface area (Å²) in [5, 5.41) is 10.5. The van der Waals surface area contributed by atoms with Crippen LogP contribution in [-0.4, -0.2) is 11.1 Å². The van der Waals surface area contributed by atoms with Crippen molar-refractivity contribution in [3.05, 3.63) is 72.0 Å². The molecule has 0 heterocycles. The number of ether oxygens (including phenoxy) is 1. The fourth-order valence-electron chi connectivity index (χ4n) is 2.18. The number of aromatic carboxylic acids is 1. The van der Waals surface area contributed by atoms with E-state index in [9.17, 15) is 14.3 Å². The summed E-state index contributed by atoms with van der Waals surface area (Å²) < 4.78 is 18.6. The molecule has 0 aromatic heterocycles. The molecular formula is C17H11FO3. The molecule has 0 spiro atoms. The molecule has 4 heteroatoms. The number of fused-ring (bicyclic) bond motifs is 1. The number of benzene rings is 3. The minimum atomic E-state index is -0.987. The number of carboxylic acid groups (broad SMARTS) is 1. The summed E-state index contributed by atoms with van der Waals surface area (Å²) >= 11 is 0. The first-order valence-electron chi connectivity index (χ1n) is 6.33. The van der Waals surface area contributed by atoms with E-state index in [0.29, 0.717) is 22.3 Å². The number of carbonyl (C=O) groups is 1. The van der Waals surface area contributed by atoms with Gasteiger partial charge >= 0.3 is 5.97 Å². The van der Waals surface area contributed by atoms with Crippen LogP contribution in [0.4, 0.5) is 4.39 Å². The van der Waals surface area contributed by atoms with Crippen molar-refractivity contribution in [2.45, 2.75) is 0 Å². The first-order chi connectivity index (χ1) is 10.1. The molecule has 3 nitrogen and oxygen atoms in total. The molecular weight excluding hydrogens is 271 g/mol. The van der Waals surface area contributed by atoms with Crippen molar-refractivity contribution in [1.29, 1.82) is 0 Å². The average Bonchev–Trinajstić information content (AvgIpc) is 2.49. The molecule has 3 rings (SSSR count). The smallest absolute Gasteiger partial charge is 0.336 e. The highest BCUT2D eigenvalue weighted by atomic mass is 19.1. The summed E-state index contributed by atoms with van der Waals surface area (Å²) in [6, 6.07) is 15.9. The zero-order valence-corrected chi connectivity index (χ0v) is 10.9. The Hall–Kier alpha value is -2.88. The molecule has 3 aromatic rings. The Morgan fingerprint density at radius 1 is 0.905 bits per heavy atom. The fraction of sp³-hybridized carbons (Fsp3) is 0. The molecule has 0 unspecified atom stereocenters. The van der Waals surface area contributed by atoms with E-state index in [1.165, 1.54) is 30.3 Å². The van der Waals surface area contributed by atoms with Gasteiger partial charge in [0.25, 0.3) is 0 Å². The summed E-state index contributed by atoms with van der Waals surface area (Å²) in [6.45, 7) is 0. The van der Waals surface area contributed by atoms with E-state index >= 15 is 0 Å². The van der Waals surface area contributed by atoms with Crippen molar-refractivity contribution in [1.82, 2.24) is 0 Å². The van der Waals surface area contributed by atoms with Crippen molar-refractivity contribution in [2.24, 2.45) is 0 Å². The molecule has 104 valence electrons. The van der Waals surface area contributed by atoms with Gasteiger partial charge in [-0.1, -0.05) is 24.3 Å². The van der Waals surface area contributed by atoms with Gasteiger partial charge in [-0.05, 0) is 41.8 Å². The van der Waals surface area contributed by atoms with E-state index in [0.717, 1.165) is 0 Å². The maximum atomic E-state index is 12.9. The monoisotopic (exact) mass is 282 g/mol. The normalized spacial score (nSPS) is 10.5. The van der Waals surface area contributed by atoms with Gasteiger partial charge in [-0.15, -0.1) is 0 Å². The summed E-state index contributed by atoms with van der Waals surface area (Å²) in [4.78, 5) is 11.2. The molecule has 0 saturated carbocycles.